The van der Waals surface area contributed by atoms with Crippen LogP contribution in [0.2, 0.25) is 0 Å². The van der Waals surface area contributed by atoms with Gasteiger partial charge in [-0.3, -0.25) is 9.59 Å². The topological polar surface area (TPSA) is 49.4 Å². The number of nitrogens with one attached hydrogen (secondary N) is 1. The Morgan fingerprint density at radius 3 is 2.50 bits per heavy atom. The van der Waals surface area contributed by atoms with Crippen molar-refractivity contribution in [2.24, 2.45) is 17.8 Å². The van der Waals surface area contributed by atoms with Crippen LogP contribution < -0.4 is 5.32 Å². The number of hydrogen-bond donors (Lipinski definition) is 1. The third-order valence-electron chi connectivity index (χ3n) is 6.26. The van der Waals surface area contributed by atoms with Gasteiger partial charge in [-0.1, -0.05) is 17.7 Å². The highest BCUT2D eigenvalue weighted by Crippen LogP contribution is 2.65. The first kappa shape index (κ1) is 17.4. The molecule has 0 aromatic heterocycles. The Hall–Kier alpha value is -1.98. The summed E-state index contributed by atoms with van der Waals surface area (Å²) in [6, 6.07) is 7.32. The van der Waals surface area contributed by atoms with Crippen LogP contribution in [-0.2, 0) is 4.79 Å². The third kappa shape index (κ3) is 2.99. The van der Waals surface area contributed by atoms with Crippen LogP contribution in [-0.4, -0.2) is 41.8 Å². The fourth-order valence-electron chi connectivity index (χ4n) is 4.60. The quantitative estimate of drug-likeness (QED) is 0.895. The zero-order valence-electron chi connectivity index (χ0n) is 14.9. The molecule has 26 heavy (non-hydrogen) atoms. The number of amides is 2. The van der Waals surface area contributed by atoms with Crippen LogP contribution in [0.3, 0.4) is 0 Å². The van der Waals surface area contributed by atoms with Gasteiger partial charge in [-0.25, -0.2) is 8.78 Å². The number of likely N-dealkylation sites (tertiary alicyclic amines) is 1. The number of carbonyl (C=O) groups excluding carboxylic acids is 2. The maximum absolute atomic E-state index is 13.4. The van der Waals surface area contributed by atoms with Crippen molar-refractivity contribution in [3.05, 3.63) is 35.4 Å². The fraction of sp³-hybridized carbons (Fsp3) is 0.600. The van der Waals surface area contributed by atoms with Crippen LogP contribution in [0, 0.1) is 24.7 Å². The second kappa shape index (κ2) is 6.32. The van der Waals surface area contributed by atoms with Gasteiger partial charge in [0.1, 0.15) is 0 Å². The molecule has 6 heteroatoms. The molecule has 0 radical (unpaired) electrons. The zero-order chi connectivity index (χ0) is 18.5. The summed E-state index contributed by atoms with van der Waals surface area (Å²) in [5.74, 6) is -4.12. The molecule has 1 saturated heterocycles. The number of benzene rings is 1. The molecule has 2 saturated carbocycles. The fourth-order valence-corrected chi connectivity index (χ4v) is 4.60. The lowest BCUT2D eigenvalue weighted by molar-refractivity contribution is -0.137. The van der Waals surface area contributed by atoms with Crippen LogP contribution in [0.5, 0.6) is 0 Å². The number of alkyl halides is 2. The monoisotopic (exact) mass is 362 g/mol. The highest BCUT2D eigenvalue weighted by molar-refractivity contribution is 5.94. The van der Waals surface area contributed by atoms with Crippen LogP contribution in [0.25, 0.3) is 0 Å². The first-order valence-corrected chi connectivity index (χ1v) is 9.41. The minimum absolute atomic E-state index is 0.0000786. The lowest BCUT2D eigenvalue weighted by Crippen LogP contribution is -2.45. The van der Waals surface area contributed by atoms with E-state index in [0.717, 1.165) is 18.4 Å². The van der Waals surface area contributed by atoms with Gasteiger partial charge < -0.3 is 10.2 Å². The average molecular weight is 362 g/mol. The van der Waals surface area contributed by atoms with Gasteiger partial charge in [-0.2, -0.15) is 0 Å². The molecule has 1 aromatic rings. The van der Waals surface area contributed by atoms with E-state index >= 15 is 0 Å². The number of aryl methyl sites for hydroxylation is 1. The SMILES string of the molecule is Cc1ccc(C(=O)NCC2CCCN2C(=O)C2C[C@@H]3[C@H](C2)C3(F)F)cc1. The molecule has 140 valence electrons. The van der Waals surface area contributed by atoms with Crippen molar-refractivity contribution in [1.82, 2.24) is 10.2 Å². The van der Waals surface area contributed by atoms with Gasteiger partial charge in [-0.15, -0.1) is 0 Å². The second-order valence-corrected chi connectivity index (χ2v) is 7.96. The lowest BCUT2D eigenvalue weighted by atomic mass is 10.0. The smallest absolute Gasteiger partial charge is 0.254 e. The standard InChI is InChI=1S/C20H24F2N2O2/c1-12-4-6-13(7-5-12)18(25)23-11-15-3-2-8-24(15)19(26)14-9-16-17(10-14)20(16,21)22/h4-7,14-17H,2-3,8-11H2,1H3,(H,23,25)/t14?,15?,16-,17+. The molecule has 3 aliphatic rings. The lowest BCUT2D eigenvalue weighted by Gasteiger charge is -2.28. The van der Waals surface area contributed by atoms with E-state index < -0.39 is 17.8 Å². The number of carbonyl (C=O) groups is 2. The van der Waals surface area contributed by atoms with E-state index in [4.69, 9.17) is 0 Å². The van der Waals surface area contributed by atoms with Crippen LogP contribution in [0.15, 0.2) is 24.3 Å². The summed E-state index contributed by atoms with van der Waals surface area (Å²) in [4.78, 5) is 26.8. The number of rotatable bonds is 4. The molecule has 1 N–H and O–H groups in total. The van der Waals surface area contributed by atoms with E-state index in [1.165, 1.54) is 0 Å². The molecule has 4 nitrogen and oxygen atoms in total. The molecule has 4 rings (SSSR count). The summed E-state index contributed by atoms with van der Waals surface area (Å²) in [6.45, 7) is 3.03. The van der Waals surface area contributed by atoms with Gasteiger partial charge in [0.15, 0.2) is 0 Å². The van der Waals surface area contributed by atoms with E-state index in [0.29, 0.717) is 31.5 Å². The number of halogens is 2. The van der Waals surface area contributed by atoms with Gasteiger partial charge in [0.05, 0.1) is 0 Å². The normalized spacial score (nSPS) is 31.6. The van der Waals surface area contributed by atoms with Gasteiger partial charge in [0.25, 0.3) is 11.8 Å². The Balaban J connectivity index is 1.32. The van der Waals surface area contributed by atoms with Crippen molar-refractivity contribution < 1.29 is 18.4 Å². The maximum atomic E-state index is 13.4. The summed E-state index contributed by atoms with van der Waals surface area (Å²) >= 11 is 0. The molecule has 3 fully saturated rings. The minimum atomic E-state index is -2.54. The van der Waals surface area contributed by atoms with Crippen LogP contribution in [0.1, 0.15) is 41.6 Å². The first-order valence-electron chi connectivity index (χ1n) is 9.41. The first-order chi connectivity index (χ1) is 12.4. The number of hydrogen-bond acceptors (Lipinski definition) is 2. The third-order valence-corrected chi connectivity index (χ3v) is 6.26. The van der Waals surface area contributed by atoms with E-state index in [2.05, 4.69) is 5.32 Å². The molecule has 0 spiro atoms. The predicted octanol–water partition coefficient (Wildman–Crippen LogP) is 3.01. The largest absolute Gasteiger partial charge is 0.350 e. The minimum Gasteiger partial charge on any atom is -0.350 e. The van der Waals surface area contributed by atoms with Gasteiger partial charge in [-0.05, 0) is 44.7 Å². The van der Waals surface area contributed by atoms with Crippen molar-refractivity contribution in [2.75, 3.05) is 13.1 Å². The van der Waals surface area contributed by atoms with Crippen molar-refractivity contribution in [1.29, 1.82) is 0 Å². The maximum Gasteiger partial charge on any atom is 0.254 e. The summed E-state index contributed by atoms with van der Waals surface area (Å²) in [6.07, 6.45) is 2.37. The number of nitrogens with zero attached hydrogens (tertiary/aromatic N) is 1. The summed E-state index contributed by atoms with van der Waals surface area (Å²) < 4.78 is 26.7. The molecule has 0 bridgehead atoms. The summed E-state index contributed by atoms with van der Waals surface area (Å²) in [5.41, 5.74) is 1.69. The molecular formula is C20H24F2N2O2. The highest BCUT2D eigenvalue weighted by atomic mass is 19.3. The van der Waals surface area contributed by atoms with Crippen molar-refractivity contribution in [3.8, 4) is 0 Å². The molecule has 2 unspecified atom stereocenters. The van der Waals surface area contributed by atoms with Gasteiger partial charge >= 0.3 is 0 Å². The van der Waals surface area contributed by atoms with E-state index in [9.17, 15) is 18.4 Å². The Morgan fingerprint density at radius 1 is 1.19 bits per heavy atom. The second-order valence-electron chi connectivity index (χ2n) is 7.96. The molecular weight excluding hydrogens is 338 g/mol. The van der Waals surface area contributed by atoms with Crippen LogP contribution in [0.4, 0.5) is 8.78 Å². The molecule has 1 aliphatic heterocycles. The van der Waals surface area contributed by atoms with E-state index in [1.54, 1.807) is 12.1 Å². The summed E-state index contributed by atoms with van der Waals surface area (Å²) in [5, 5.41) is 2.91. The molecule has 1 heterocycles. The Labute approximate surface area is 151 Å². The molecule has 2 aliphatic carbocycles. The zero-order valence-corrected chi connectivity index (χ0v) is 14.9. The molecule has 1 aromatic carbocycles. The van der Waals surface area contributed by atoms with Crippen LogP contribution >= 0.6 is 0 Å². The van der Waals surface area contributed by atoms with Gasteiger partial charge in [0.2, 0.25) is 5.91 Å². The molecule has 2 amide bonds. The van der Waals surface area contributed by atoms with Crippen molar-refractivity contribution in [2.45, 2.75) is 44.6 Å². The van der Waals surface area contributed by atoms with E-state index in [-0.39, 0.29) is 23.8 Å². The van der Waals surface area contributed by atoms with Crippen molar-refractivity contribution >= 4 is 11.8 Å². The summed E-state index contributed by atoms with van der Waals surface area (Å²) in [7, 11) is 0. The number of fused-ring (bicyclic) bond motifs is 1. The Kier molecular flexibility index (Phi) is 4.24. The Bertz CT molecular complexity index is 705. The molecule has 4 atom stereocenters. The highest BCUT2D eigenvalue weighted by Gasteiger charge is 2.72. The van der Waals surface area contributed by atoms with Crippen molar-refractivity contribution in [3.63, 3.8) is 0 Å². The average Bonchev–Trinajstić information content (AvgIpc) is 3.07. The predicted molar refractivity (Wildman–Crippen MR) is 92.9 cm³/mol. The Morgan fingerprint density at radius 2 is 1.85 bits per heavy atom. The van der Waals surface area contributed by atoms with Gasteiger partial charge in [0, 0.05) is 42.4 Å². The van der Waals surface area contributed by atoms with E-state index in [1.807, 2.05) is 24.0 Å².